The van der Waals surface area contributed by atoms with Crippen molar-refractivity contribution >= 4 is 23.2 Å². The molecule has 0 bridgehead atoms. The van der Waals surface area contributed by atoms with Crippen molar-refractivity contribution in [3.05, 3.63) is 58.6 Å². The SMILES string of the molecule is Cc1cccc(NC(=O)COc2cc(Cl)ccc2C#N)c1. The van der Waals surface area contributed by atoms with Crippen LogP contribution in [0.15, 0.2) is 42.5 Å². The molecule has 2 aromatic carbocycles. The fourth-order valence-electron chi connectivity index (χ4n) is 1.77. The van der Waals surface area contributed by atoms with E-state index in [1.54, 1.807) is 18.2 Å². The minimum atomic E-state index is -0.301. The lowest BCUT2D eigenvalue weighted by Gasteiger charge is -2.09. The molecule has 0 saturated heterocycles. The molecule has 0 radical (unpaired) electrons. The van der Waals surface area contributed by atoms with Gasteiger partial charge in [-0.25, -0.2) is 0 Å². The first-order chi connectivity index (χ1) is 10.1. The van der Waals surface area contributed by atoms with Crippen LogP contribution in [0.2, 0.25) is 5.02 Å². The smallest absolute Gasteiger partial charge is 0.262 e. The lowest BCUT2D eigenvalue weighted by molar-refractivity contribution is -0.118. The van der Waals surface area contributed by atoms with Crippen LogP contribution in [0.4, 0.5) is 5.69 Å². The number of benzene rings is 2. The van der Waals surface area contributed by atoms with Crippen molar-refractivity contribution in [1.29, 1.82) is 5.26 Å². The van der Waals surface area contributed by atoms with Gasteiger partial charge < -0.3 is 10.1 Å². The lowest BCUT2D eigenvalue weighted by atomic mass is 10.2. The van der Waals surface area contributed by atoms with E-state index in [1.807, 2.05) is 31.2 Å². The van der Waals surface area contributed by atoms with Crippen LogP contribution in [0.5, 0.6) is 5.75 Å². The number of rotatable bonds is 4. The summed E-state index contributed by atoms with van der Waals surface area (Å²) < 4.78 is 5.35. The summed E-state index contributed by atoms with van der Waals surface area (Å²) in [6.45, 7) is 1.75. The summed E-state index contributed by atoms with van der Waals surface area (Å²) in [5.74, 6) is -0.00569. The summed E-state index contributed by atoms with van der Waals surface area (Å²) in [7, 11) is 0. The largest absolute Gasteiger partial charge is 0.482 e. The van der Waals surface area contributed by atoms with E-state index in [1.165, 1.54) is 6.07 Å². The molecule has 106 valence electrons. The van der Waals surface area contributed by atoms with Gasteiger partial charge in [0.1, 0.15) is 11.8 Å². The number of aryl methyl sites for hydroxylation is 1. The molecule has 1 amide bonds. The first-order valence-corrected chi connectivity index (χ1v) is 6.65. The molecule has 0 spiro atoms. The predicted octanol–water partition coefficient (Wildman–Crippen LogP) is 3.54. The molecule has 0 aliphatic carbocycles. The second kappa shape index (κ2) is 6.78. The van der Waals surface area contributed by atoms with Crippen LogP contribution in [-0.2, 0) is 4.79 Å². The predicted molar refractivity (Wildman–Crippen MR) is 81.5 cm³/mol. The second-order valence-corrected chi connectivity index (χ2v) is 4.90. The zero-order valence-electron chi connectivity index (χ0n) is 11.4. The Morgan fingerprint density at radius 3 is 2.86 bits per heavy atom. The van der Waals surface area contributed by atoms with Gasteiger partial charge in [-0.1, -0.05) is 23.7 Å². The number of halogens is 1. The van der Waals surface area contributed by atoms with Gasteiger partial charge in [-0.3, -0.25) is 4.79 Å². The first kappa shape index (κ1) is 14.9. The zero-order chi connectivity index (χ0) is 15.2. The summed E-state index contributed by atoms with van der Waals surface area (Å²) in [5, 5.41) is 12.1. The Bertz CT molecular complexity index is 708. The van der Waals surface area contributed by atoms with Crippen LogP contribution < -0.4 is 10.1 Å². The monoisotopic (exact) mass is 300 g/mol. The topological polar surface area (TPSA) is 62.1 Å². The summed E-state index contributed by atoms with van der Waals surface area (Å²) in [6.07, 6.45) is 0. The number of amides is 1. The van der Waals surface area contributed by atoms with Crippen LogP contribution >= 0.6 is 11.6 Å². The van der Waals surface area contributed by atoms with Gasteiger partial charge in [0.25, 0.3) is 5.91 Å². The van der Waals surface area contributed by atoms with Gasteiger partial charge in [0, 0.05) is 16.8 Å². The van der Waals surface area contributed by atoms with Crippen LogP contribution in [0.3, 0.4) is 0 Å². The number of carbonyl (C=O) groups excluding carboxylic acids is 1. The summed E-state index contributed by atoms with van der Waals surface area (Å²) in [5.41, 5.74) is 2.09. The van der Waals surface area contributed by atoms with Crippen molar-refractivity contribution < 1.29 is 9.53 Å². The standard InChI is InChI=1S/C16H13ClN2O2/c1-11-3-2-4-14(7-11)19-16(20)10-21-15-8-13(17)6-5-12(15)9-18/h2-8H,10H2,1H3,(H,19,20). The quantitative estimate of drug-likeness (QED) is 0.939. The molecule has 0 unspecified atom stereocenters. The Balaban J connectivity index is 1.99. The Morgan fingerprint density at radius 2 is 2.14 bits per heavy atom. The number of hydrogen-bond acceptors (Lipinski definition) is 3. The van der Waals surface area contributed by atoms with Gasteiger partial charge in [-0.15, -0.1) is 0 Å². The highest BCUT2D eigenvalue weighted by molar-refractivity contribution is 6.30. The molecule has 1 N–H and O–H groups in total. The molecule has 0 atom stereocenters. The molecule has 21 heavy (non-hydrogen) atoms. The third-order valence-electron chi connectivity index (χ3n) is 2.72. The highest BCUT2D eigenvalue weighted by Crippen LogP contribution is 2.22. The highest BCUT2D eigenvalue weighted by atomic mass is 35.5. The van der Waals surface area contributed by atoms with E-state index in [9.17, 15) is 4.79 Å². The van der Waals surface area contributed by atoms with E-state index in [0.717, 1.165) is 5.56 Å². The van der Waals surface area contributed by atoms with Crippen molar-refractivity contribution in [3.8, 4) is 11.8 Å². The number of carbonyl (C=O) groups is 1. The molecule has 0 aromatic heterocycles. The summed E-state index contributed by atoms with van der Waals surface area (Å²) in [6, 6.07) is 14.1. The lowest BCUT2D eigenvalue weighted by Crippen LogP contribution is -2.20. The third-order valence-corrected chi connectivity index (χ3v) is 2.96. The molecule has 0 fully saturated rings. The van der Waals surface area contributed by atoms with Crippen LogP contribution in [0.25, 0.3) is 0 Å². The molecular weight excluding hydrogens is 288 g/mol. The van der Waals surface area contributed by atoms with Crippen molar-refractivity contribution in [2.75, 3.05) is 11.9 Å². The summed E-state index contributed by atoms with van der Waals surface area (Å²) in [4.78, 5) is 11.8. The second-order valence-electron chi connectivity index (χ2n) is 4.46. The Kier molecular flexibility index (Phi) is 4.81. The molecule has 2 aromatic rings. The minimum absolute atomic E-state index is 0.192. The number of ether oxygens (including phenoxy) is 1. The fraction of sp³-hybridized carbons (Fsp3) is 0.125. The van der Waals surface area contributed by atoms with Crippen molar-refractivity contribution in [2.24, 2.45) is 0 Å². The molecular formula is C16H13ClN2O2. The molecule has 0 aliphatic rings. The van der Waals surface area contributed by atoms with Crippen molar-refractivity contribution in [1.82, 2.24) is 0 Å². The Morgan fingerprint density at radius 1 is 1.33 bits per heavy atom. The number of hydrogen-bond donors (Lipinski definition) is 1. The normalized spacial score (nSPS) is 9.76. The van der Waals surface area contributed by atoms with Crippen molar-refractivity contribution in [3.63, 3.8) is 0 Å². The Hall–Kier alpha value is -2.51. The van der Waals surface area contributed by atoms with E-state index >= 15 is 0 Å². The van der Waals surface area contributed by atoms with E-state index in [0.29, 0.717) is 22.0 Å². The van der Waals surface area contributed by atoms with E-state index < -0.39 is 0 Å². The molecule has 5 heteroatoms. The van der Waals surface area contributed by atoms with Gasteiger partial charge in [-0.05, 0) is 36.8 Å². The van der Waals surface area contributed by atoms with Crippen LogP contribution in [0.1, 0.15) is 11.1 Å². The number of nitrogens with one attached hydrogen (secondary N) is 1. The van der Waals surface area contributed by atoms with Gasteiger partial charge in [-0.2, -0.15) is 5.26 Å². The van der Waals surface area contributed by atoms with Gasteiger partial charge in [0.2, 0.25) is 0 Å². The average molecular weight is 301 g/mol. The summed E-state index contributed by atoms with van der Waals surface area (Å²) >= 11 is 5.85. The maximum absolute atomic E-state index is 11.8. The minimum Gasteiger partial charge on any atom is -0.482 e. The molecule has 4 nitrogen and oxygen atoms in total. The fourth-order valence-corrected chi connectivity index (χ4v) is 1.93. The highest BCUT2D eigenvalue weighted by Gasteiger charge is 2.08. The molecule has 0 heterocycles. The maximum Gasteiger partial charge on any atom is 0.262 e. The van der Waals surface area contributed by atoms with Crippen LogP contribution in [0, 0.1) is 18.3 Å². The van der Waals surface area contributed by atoms with Crippen LogP contribution in [-0.4, -0.2) is 12.5 Å². The Labute approximate surface area is 127 Å². The van der Waals surface area contributed by atoms with Gasteiger partial charge in [0.05, 0.1) is 5.56 Å². The first-order valence-electron chi connectivity index (χ1n) is 6.27. The van der Waals surface area contributed by atoms with Gasteiger partial charge in [0.15, 0.2) is 6.61 Å². The van der Waals surface area contributed by atoms with E-state index in [4.69, 9.17) is 21.6 Å². The number of nitriles is 1. The number of anilines is 1. The average Bonchev–Trinajstić information content (AvgIpc) is 2.45. The maximum atomic E-state index is 11.8. The molecule has 0 aliphatic heterocycles. The molecule has 0 saturated carbocycles. The number of nitrogens with zero attached hydrogens (tertiary/aromatic N) is 1. The van der Waals surface area contributed by atoms with Crippen molar-refractivity contribution in [2.45, 2.75) is 6.92 Å². The zero-order valence-corrected chi connectivity index (χ0v) is 12.1. The van der Waals surface area contributed by atoms with Gasteiger partial charge >= 0.3 is 0 Å². The molecule has 2 rings (SSSR count). The van der Waals surface area contributed by atoms with E-state index in [2.05, 4.69) is 5.32 Å². The van der Waals surface area contributed by atoms with E-state index in [-0.39, 0.29) is 12.5 Å². The third kappa shape index (κ3) is 4.23.